The summed E-state index contributed by atoms with van der Waals surface area (Å²) in [6, 6.07) is 0.462. The van der Waals surface area contributed by atoms with Crippen LogP contribution in [0.5, 0.6) is 0 Å². The molecule has 6 nitrogen and oxygen atoms in total. The Balaban J connectivity index is 2.02. The van der Waals surface area contributed by atoms with Gasteiger partial charge in [0.2, 0.25) is 0 Å². The normalized spacial score (nSPS) is 16.8. The number of nitrogens with one attached hydrogen (secondary N) is 2. The van der Waals surface area contributed by atoms with E-state index >= 15 is 0 Å². The highest BCUT2D eigenvalue weighted by molar-refractivity contribution is 7.99. The number of rotatable bonds is 6. The second-order valence-electron chi connectivity index (χ2n) is 4.51. The van der Waals surface area contributed by atoms with Gasteiger partial charge in [0.05, 0.1) is 0 Å². The largest absolute Gasteiger partial charge is 0.339 e. The molecule has 2 N–H and O–H groups in total. The van der Waals surface area contributed by atoms with Gasteiger partial charge in [-0.25, -0.2) is 0 Å². The molecule has 1 aromatic heterocycles. The van der Waals surface area contributed by atoms with Crippen LogP contribution in [0.4, 0.5) is 0 Å². The van der Waals surface area contributed by atoms with E-state index in [9.17, 15) is 9.59 Å². The van der Waals surface area contributed by atoms with Crippen molar-refractivity contribution < 1.29 is 0 Å². The summed E-state index contributed by atoms with van der Waals surface area (Å²) in [7, 11) is 1.69. The molecule has 0 amide bonds. The zero-order valence-corrected chi connectivity index (χ0v) is 11.4. The van der Waals surface area contributed by atoms with Crippen LogP contribution >= 0.6 is 11.8 Å². The Labute approximate surface area is 109 Å². The van der Waals surface area contributed by atoms with E-state index in [4.69, 9.17) is 0 Å². The maximum Gasteiger partial charge on any atom is 0.339 e. The minimum atomic E-state index is -0.720. The lowest BCUT2D eigenvalue weighted by Crippen LogP contribution is -2.35. The molecule has 7 heteroatoms. The van der Waals surface area contributed by atoms with Gasteiger partial charge in [-0.15, -0.1) is 0 Å². The van der Waals surface area contributed by atoms with Crippen LogP contribution in [0.25, 0.3) is 0 Å². The summed E-state index contributed by atoms with van der Waals surface area (Å²) >= 11 is 1.51. The minimum absolute atomic E-state index is 0.462. The maximum absolute atomic E-state index is 11.2. The van der Waals surface area contributed by atoms with Crippen molar-refractivity contribution in [3.63, 3.8) is 0 Å². The molecule has 0 aliphatic heterocycles. The molecule has 0 bridgehead atoms. The van der Waals surface area contributed by atoms with E-state index < -0.39 is 11.1 Å². The van der Waals surface area contributed by atoms with Crippen LogP contribution in [0.3, 0.4) is 0 Å². The predicted molar refractivity (Wildman–Crippen MR) is 71.0 cm³/mol. The summed E-state index contributed by atoms with van der Waals surface area (Å²) in [6.07, 6.45) is 2.55. The lowest BCUT2D eigenvalue weighted by molar-refractivity contribution is 0.517. The highest BCUT2D eigenvalue weighted by Crippen LogP contribution is 2.34. The van der Waals surface area contributed by atoms with Crippen molar-refractivity contribution in [3.05, 3.63) is 20.7 Å². The van der Waals surface area contributed by atoms with Gasteiger partial charge in [0.25, 0.3) is 0 Å². The number of thioether (sulfide) groups is 1. The Morgan fingerprint density at radius 1 is 1.56 bits per heavy atom. The molecule has 100 valence electrons. The summed E-state index contributed by atoms with van der Waals surface area (Å²) in [5, 5.41) is 6.46. The van der Waals surface area contributed by atoms with Crippen molar-refractivity contribution in [1.82, 2.24) is 20.1 Å². The van der Waals surface area contributed by atoms with Crippen molar-refractivity contribution in [2.24, 2.45) is 13.0 Å². The SMILES string of the molecule is CCNC(CSc1nc(=O)c(=O)[nH]n1C)C1CC1. The first-order chi connectivity index (χ1) is 8.61. The van der Waals surface area contributed by atoms with Crippen LogP contribution < -0.4 is 16.4 Å². The van der Waals surface area contributed by atoms with Crippen LogP contribution in [0, 0.1) is 5.92 Å². The molecule has 18 heavy (non-hydrogen) atoms. The third kappa shape index (κ3) is 3.23. The van der Waals surface area contributed by atoms with Crippen molar-refractivity contribution in [2.45, 2.75) is 31.0 Å². The molecule has 1 fully saturated rings. The van der Waals surface area contributed by atoms with Crippen LogP contribution in [-0.4, -0.2) is 33.1 Å². The number of hydrogen-bond donors (Lipinski definition) is 2. The van der Waals surface area contributed by atoms with Gasteiger partial charge >= 0.3 is 11.1 Å². The fourth-order valence-electron chi connectivity index (χ4n) is 1.88. The minimum Gasteiger partial charge on any atom is -0.313 e. The summed E-state index contributed by atoms with van der Waals surface area (Å²) in [5.41, 5.74) is -1.39. The standard InChI is InChI=1S/C11H18N4O2S/c1-3-12-8(7-4-5-7)6-18-11-13-9(16)10(17)14-15(11)2/h7-8,12H,3-6H2,1-2H3,(H,14,17). The highest BCUT2D eigenvalue weighted by atomic mass is 32.2. The summed E-state index contributed by atoms with van der Waals surface area (Å²) in [5.74, 6) is 1.61. The molecule has 1 atom stereocenters. The van der Waals surface area contributed by atoms with Gasteiger partial charge in [-0.05, 0) is 25.3 Å². The number of aryl methyl sites for hydroxylation is 1. The monoisotopic (exact) mass is 270 g/mol. The van der Waals surface area contributed by atoms with E-state index in [1.807, 2.05) is 0 Å². The van der Waals surface area contributed by atoms with Gasteiger partial charge in [0, 0.05) is 18.8 Å². The number of H-pyrrole nitrogens is 1. The first kappa shape index (κ1) is 13.4. The van der Waals surface area contributed by atoms with Crippen molar-refractivity contribution >= 4 is 11.8 Å². The van der Waals surface area contributed by atoms with Crippen molar-refractivity contribution in [2.75, 3.05) is 12.3 Å². The average molecular weight is 270 g/mol. The van der Waals surface area contributed by atoms with Crippen LogP contribution in [0.2, 0.25) is 0 Å². The van der Waals surface area contributed by atoms with Gasteiger partial charge in [0.1, 0.15) is 0 Å². The van der Waals surface area contributed by atoms with Gasteiger partial charge in [-0.2, -0.15) is 4.98 Å². The molecule has 0 spiro atoms. The lowest BCUT2D eigenvalue weighted by atomic mass is 10.2. The molecule has 1 heterocycles. The van der Waals surface area contributed by atoms with Crippen LogP contribution in [0.15, 0.2) is 14.7 Å². The van der Waals surface area contributed by atoms with Gasteiger partial charge in [-0.3, -0.25) is 19.4 Å². The van der Waals surface area contributed by atoms with Crippen molar-refractivity contribution in [1.29, 1.82) is 0 Å². The molecule has 1 aliphatic carbocycles. The van der Waals surface area contributed by atoms with E-state index in [0.717, 1.165) is 18.2 Å². The second-order valence-corrected chi connectivity index (χ2v) is 5.50. The van der Waals surface area contributed by atoms with E-state index in [-0.39, 0.29) is 0 Å². The number of aromatic nitrogens is 3. The Bertz CT molecular complexity index is 521. The molecule has 1 aromatic rings. The molecule has 0 aromatic carbocycles. The summed E-state index contributed by atoms with van der Waals surface area (Å²) in [6.45, 7) is 3.04. The van der Waals surface area contributed by atoms with E-state index in [1.165, 1.54) is 29.3 Å². The topological polar surface area (TPSA) is 79.8 Å². The zero-order valence-electron chi connectivity index (χ0n) is 10.6. The molecule has 1 aliphatic rings. The zero-order chi connectivity index (χ0) is 13.1. The Hall–Kier alpha value is -1.08. The fourth-order valence-corrected chi connectivity index (χ4v) is 2.98. The lowest BCUT2D eigenvalue weighted by Gasteiger charge is -2.16. The van der Waals surface area contributed by atoms with Crippen LogP contribution in [-0.2, 0) is 7.05 Å². The third-order valence-electron chi connectivity index (χ3n) is 3.00. The Morgan fingerprint density at radius 3 is 2.89 bits per heavy atom. The Kier molecular flexibility index (Phi) is 4.23. The van der Waals surface area contributed by atoms with Gasteiger partial charge < -0.3 is 5.32 Å². The maximum atomic E-state index is 11.2. The van der Waals surface area contributed by atoms with Crippen LogP contribution in [0.1, 0.15) is 19.8 Å². The highest BCUT2D eigenvalue weighted by Gasteiger charge is 2.30. The third-order valence-corrected chi connectivity index (χ3v) is 4.15. The molecule has 2 rings (SSSR count). The molecule has 1 saturated carbocycles. The number of aromatic amines is 1. The number of nitrogens with zero attached hydrogens (tertiary/aromatic N) is 2. The quantitative estimate of drug-likeness (QED) is 0.559. The summed E-state index contributed by atoms with van der Waals surface area (Å²) in [4.78, 5) is 26.1. The number of hydrogen-bond acceptors (Lipinski definition) is 5. The first-order valence-corrected chi connectivity index (χ1v) is 7.14. The van der Waals surface area contributed by atoms with E-state index in [2.05, 4.69) is 22.3 Å². The molecule has 0 saturated heterocycles. The van der Waals surface area contributed by atoms with Gasteiger partial charge in [-0.1, -0.05) is 18.7 Å². The smallest absolute Gasteiger partial charge is 0.313 e. The van der Waals surface area contributed by atoms with Gasteiger partial charge in [0.15, 0.2) is 5.16 Å². The second kappa shape index (κ2) is 5.71. The predicted octanol–water partition coefficient (Wildman–Crippen LogP) is -0.0512. The summed E-state index contributed by atoms with van der Waals surface area (Å²) < 4.78 is 1.50. The average Bonchev–Trinajstić information content (AvgIpc) is 3.14. The Morgan fingerprint density at radius 2 is 2.28 bits per heavy atom. The van der Waals surface area contributed by atoms with E-state index in [1.54, 1.807) is 7.05 Å². The molecule has 1 unspecified atom stereocenters. The fraction of sp³-hybridized carbons (Fsp3) is 0.727. The first-order valence-electron chi connectivity index (χ1n) is 6.15. The van der Waals surface area contributed by atoms with E-state index in [0.29, 0.717) is 11.2 Å². The molecule has 0 radical (unpaired) electrons. The van der Waals surface area contributed by atoms with Crippen molar-refractivity contribution in [3.8, 4) is 0 Å². The molecular weight excluding hydrogens is 252 g/mol. The molecular formula is C11H18N4O2S.